The number of hydrogen-bond donors (Lipinski definition) is 5. The highest BCUT2D eigenvalue weighted by molar-refractivity contribution is 6.03. The molecule has 0 spiro atoms. The van der Waals surface area contributed by atoms with Crippen LogP contribution < -0.4 is 20.7 Å². The Bertz CT molecular complexity index is 1220. The zero-order valence-electron chi connectivity index (χ0n) is 17.6. The van der Waals surface area contributed by atoms with E-state index in [0.717, 1.165) is 42.8 Å². The molecule has 10 nitrogen and oxygen atoms in total. The first-order valence-corrected chi connectivity index (χ1v) is 10.6. The van der Waals surface area contributed by atoms with E-state index in [1.807, 2.05) is 13.0 Å². The molecule has 164 valence electrons. The SMILES string of the molecule is Cc1c[nH]c(NC(=O)c2ccc(Oc3ccnc4[nH]nc(N[C@@H]5CCCNC5)c34)cc2)n1. The van der Waals surface area contributed by atoms with Gasteiger partial charge in [-0.15, -0.1) is 0 Å². The first-order chi connectivity index (χ1) is 15.7. The molecule has 10 heteroatoms. The van der Waals surface area contributed by atoms with Gasteiger partial charge in [-0.05, 0) is 50.6 Å². The molecule has 32 heavy (non-hydrogen) atoms. The molecule has 1 amide bonds. The lowest BCUT2D eigenvalue weighted by atomic mass is 10.1. The molecule has 4 heterocycles. The van der Waals surface area contributed by atoms with E-state index in [2.05, 4.69) is 41.1 Å². The minimum absolute atomic E-state index is 0.250. The lowest BCUT2D eigenvalue weighted by Crippen LogP contribution is -2.38. The molecule has 0 unspecified atom stereocenters. The minimum atomic E-state index is -0.250. The summed E-state index contributed by atoms with van der Waals surface area (Å²) < 4.78 is 6.13. The fraction of sp³-hybridized carbons (Fsp3) is 0.273. The van der Waals surface area contributed by atoms with Gasteiger partial charge in [0.05, 0.1) is 5.69 Å². The van der Waals surface area contributed by atoms with Gasteiger partial charge in [0, 0.05) is 36.6 Å². The second-order valence-electron chi connectivity index (χ2n) is 7.76. The number of benzene rings is 1. The zero-order valence-corrected chi connectivity index (χ0v) is 17.6. The maximum absolute atomic E-state index is 12.4. The number of nitrogens with one attached hydrogen (secondary N) is 5. The number of amides is 1. The van der Waals surface area contributed by atoms with E-state index in [-0.39, 0.29) is 5.91 Å². The van der Waals surface area contributed by atoms with Gasteiger partial charge in [-0.25, -0.2) is 9.97 Å². The summed E-state index contributed by atoms with van der Waals surface area (Å²) in [5.74, 6) is 2.13. The maximum atomic E-state index is 12.4. The average molecular weight is 432 g/mol. The fourth-order valence-corrected chi connectivity index (χ4v) is 3.74. The molecule has 0 saturated carbocycles. The Kier molecular flexibility index (Phi) is 5.42. The molecule has 1 aliphatic rings. The number of ether oxygens (including phenoxy) is 1. The van der Waals surface area contributed by atoms with Crippen molar-refractivity contribution in [3.8, 4) is 11.5 Å². The number of carbonyl (C=O) groups is 1. The van der Waals surface area contributed by atoms with E-state index in [1.165, 1.54) is 0 Å². The van der Waals surface area contributed by atoms with Gasteiger partial charge < -0.3 is 20.4 Å². The Morgan fingerprint density at radius 3 is 2.84 bits per heavy atom. The van der Waals surface area contributed by atoms with Gasteiger partial charge in [-0.2, -0.15) is 5.10 Å². The van der Waals surface area contributed by atoms with Gasteiger partial charge in [0.1, 0.15) is 16.9 Å². The first-order valence-electron chi connectivity index (χ1n) is 10.6. The van der Waals surface area contributed by atoms with Crippen LogP contribution in [-0.2, 0) is 0 Å². The summed E-state index contributed by atoms with van der Waals surface area (Å²) in [6.07, 6.45) is 5.61. The number of nitrogens with zero attached hydrogens (tertiary/aromatic N) is 3. The Hall–Kier alpha value is -3.92. The van der Waals surface area contributed by atoms with Crippen LogP contribution in [-0.4, -0.2) is 50.2 Å². The number of pyridine rings is 1. The quantitative estimate of drug-likeness (QED) is 0.316. The van der Waals surface area contributed by atoms with Crippen molar-refractivity contribution in [1.82, 2.24) is 30.5 Å². The van der Waals surface area contributed by atoms with Crippen molar-refractivity contribution in [2.24, 2.45) is 0 Å². The van der Waals surface area contributed by atoms with Crippen molar-refractivity contribution in [1.29, 1.82) is 0 Å². The number of H-pyrrole nitrogens is 2. The summed E-state index contributed by atoms with van der Waals surface area (Å²) in [5, 5.41) is 17.8. The standard InChI is InChI=1S/C22H24N8O2/c1-13-11-25-22(26-13)28-21(31)14-4-6-16(7-5-14)32-17-8-10-24-19-18(17)20(30-29-19)27-15-3-2-9-23-12-15/h4-8,10-11,15,23H,2-3,9,12H2,1H3,(H2,24,27,29,30)(H2,25,26,28,31)/t15-/m1/s1. The predicted molar refractivity (Wildman–Crippen MR) is 121 cm³/mol. The smallest absolute Gasteiger partial charge is 0.257 e. The summed E-state index contributed by atoms with van der Waals surface area (Å²) in [6, 6.07) is 9.04. The van der Waals surface area contributed by atoms with Crippen LogP contribution in [0.4, 0.5) is 11.8 Å². The summed E-state index contributed by atoms with van der Waals surface area (Å²) in [7, 11) is 0. The summed E-state index contributed by atoms with van der Waals surface area (Å²) in [4.78, 5) is 23.9. The van der Waals surface area contributed by atoms with E-state index in [0.29, 0.717) is 34.7 Å². The largest absolute Gasteiger partial charge is 0.456 e. The van der Waals surface area contributed by atoms with E-state index in [4.69, 9.17) is 4.74 Å². The van der Waals surface area contributed by atoms with Crippen molar-refractivity contribution >= 4 is 28.7 Å². The van der Waals surface area contributed by atoms with Crippen LogP contribution in [0.2, 0.25) is 0 Å². The lowest BCUT2D eigenvalue weighted by molar-refractivity contribution is 0.102. The van der Waals surface area contributed by atoms with Crippen molar-refractivity contribution < 1.29 is 9.53 Å². The number of rotatable bonds is 6. The van der Waals surface area contributed by atoms with E-state index in [1.54, 1.807) is 36.7 Å². The topological polar surface area (TPSA) is 133 Å². The Balaban J connectivity index is 1.32. The Morgan fingerprint density at radius 2 is 2.09 bits per heavy atom. The second kappa shape index (κ2) is 8.67. The number of aromatic nitrogens is 5. The lowest BCUT2D eigenvalue weighted by Gasteiger charge is -2.23. The molecule has 1 atom stereocenters. The van der Waals surface area contributed by atoms with Crippen molar-refractivity contribution in [3.63, 3.8) is 0 Å². The van der Waals surface area contributed by atoms with Crippen LogP contribution in [0, 0.1) is 6.92 Å². The molecule has 5 N–H and O–H groups in total. The molecule has 4 aromatic rings. The molecule has 5 rings (SSSR count). The van der Waals surface area contributed by atoms with Crippen molar-refractivity contribution in [2.75, 3.05) is 23.7 Å². The number of fused-ring (bicyclic) bond motifs is 1. The zero-order chi connectivity index (χ0) is 21.9. The molecule has 1 saturated heterocycles. The van der Waals surface area contributed by atoms with Gasteiger partial charge >= 0.3 is 0 Å². The number of aryl methyl sites for hydroxylation is 1. The number of piperidine rings is 1. The number of carbonyl (C=O) groups excluding carboxylic acids is 1. The van der Waals surface area contributed by atoms with Crippen LogP contribution in [0.15, 0.2) is 42.7 Å². The molecular weight excluding hydrogens is 408 g/mol. The first kappa shape index (κ1) is 20.0. The molecule has 1 aromatic carbocycles. The van der Waals surface area contributed by atoms with Gasteiger partial charge in [0.2, 0.25) is 5.95 Å². The summed E-state index contributed by atoms with van der Waals surface area (Å²) in [5.41, 5.74) is 1.96. The van der Waals surface area contributed by atoms with Crippen LogP contribution in [0.3, 0.4) is 0 Å². The van der Waals surface area contributed by atoms with E-state index < -0.39 is 0 Å². The Morgan fingerprint density at radius 1 is 1.22 bits per heavy atom. The molecule has 0 bridgehead atoms. The maximum Gasteiger partial charge on any atom is 0.257 e. The predicted octanol–water partition coefficient (Wildman–Crippen LogP) is 3.20. The highest BCUT2D eigenvalue weighted by Gasteiger charge is 2.18. The number of imidazole rings is 1. The molecule has 3 aromatic heterocycles. The third-order valence-electron chi connectivity index (χ3n) is 5.34. The van der Waals surface area contributed by atoms with Gasteiger partial charge in [-0.1, -0.05) is 0 Å². The fourth-order valence-electron chi connectivity index (χ4n) is 3.74. The van der Waals surface area contributed by atoms with Crippen molar-refractivity contribution in [3.05, 3.63) is 54.0 Å². The molecule has 1 fully saturated rings. The van der Waals surface area contributed by atoms with E-state index >= 15 is 0 Å². The van der Waals surface area contributed by atoms with Crippen molar-refractivity contribution in [2.45, 2.75) is 25.8 Å². The molecular formula is C22H24N8O2. The molecule has 0 radical (unpaired) electrons. The van der Waals surface area contributed by atoms with Gasteiger partial charge in [0.25, 0.3) is 5.91 Å². The summed E-state index contributed by atoms with van der Waals surface area (Å²) >= 11 is 0. The average Bonchev–Trinajstić information content (AvgIpc) is 3.41. The van der Waals surface area contributed by atoms with Crippen LogP contribution in [0.1, 0.15) is 28.9 Å². The molecule has 0 aliphatic carbocycles. The number of hydrogen-bond acceptors (Lipinski definition) is 7. The Labute approximate surface area is 184 Å². The third-order valence-corrected chi connectivity index (χ3v) is 5.34. The normalized spacial score (nSPS) is 16.1. The number of aromatic amines is 2. The summed E-state index contributed by atoms with van der Waals surface area (Å²) in [6.45, 7) is 3.79. The van der Waals surface area contributed by atoms with Crippen LogP contribution in [0.25, 0.3) is 11.0 Å². The number of anilines is 2. The molecule has 1 aliphatic heterocycles. The van der Waals surface area contributed by atoms with Crippen LogP contribution >= 0.6 is 0 Å². The minimum Gasteiger partial charge on any atom is -0.456 e. The third kappa shape index (κ3) is 4.26. The monoisotopic (exact) mass is 432 g/mol. The second-order valence-corrected chi connectivity index (χ2v) is 7.76. The highest BCUT2D eigenvalue weighted by atomic mass is 16.5. The highest BCUT2D eigenvalue weighted by Crippen LogP contribution is 2.33. The van der Waals surface area contributed by atoms with Gasteiger partial charge in [0.15, 0.2) is 11.5 Å². The van der Waals surface area contributed by atoms with E-state index in [9.17, 15) is 4.79 Å². The van der Waals surface area contributed by atoms with Gasteiger partial charge in [-0.3, -0.25) is 15.2 Å². The van der Waals surface area contributed by atoms with Crippen LogP contribution in [0.5, 0.6) is 11.5 Å².